The zero-order valence-corrected chi connectivity index (χ0v) is 9.61. The molecule has 1 fully saturated rings. The Bertz CT molecular complexity index is 325. The lowest BCUT2D eigenvalue weighted by Gasteiger charge is -2.19. The van der Waals surface area contributed by atoms with Crippen LogP contribution in [0.15, 0.2) is 24.3 Å². The highest BCUT2D eigenvalue weighted by molar-refractivity contribution is 6.30. The molecule has 0 bridgehead atoms. The van der Waals surface area contributed by atoms with Crippen LogP contribution in [-0.2, 0) is 0 Å². The van der Waals surface area contributed by atoms with Crippen molar-refractivity contribution in [2.45, 2.75) is 12.5 Å². The van der Waals surface area contributed by atoms with Gasteiger partial charge in [-0.05, 0) is 37.1 Å². The number of likely N-dealkylation sites (tertiary alicyclic amines) is 1. The van der Waals surface area contributed by atoms with E-state index in [0.717, 1.165) is 18.0 Å². The first kappa shape index (κ1) is 10.9. The van der Waals surface area contributed by atoms with Crippen LogP contribution in [0.1, 0.15) is 18.0 Å². The SMILES string of the molecule is CN1C[C@H](CO)C[C@H]1c1ccc(Cl)cc1. The number of aliphatic hydroxyl groups excluding tert-OH is 1. The summed E-state index contributed by atoms with van der Waals surface area (Å²) < 4.78 is 0. The molecule has 2 nitrogen and oxygen atoms in total. The Hall–Kier alpha value is -0.570. The minimum atomic E-state index is 0.286. The van der Waals surface area contributed by atoms with Gasteiger partial charge in [0.15, 0.2) is 0 Å². The van der Waals surface area contributed by atoms with E-state index < -0.39 is 0 Å². The van der Waals surface area contributed by atoms with Gasteiger partial charge in [-0.15, -0.1) is 0 Å². The van der Waals surface area contributed by atoms with E-state index in [1.807, 2.05) is 12.1 Å². The summed E-state index contributed by atoms with van der Waals surface area (Å²) in [5, 5.41) is 9.92. The lowest BCUT2D eigenvalue weighted by atomic mass is 10.0. The van der Waals surface area contributed by atoms with Crippen molar-refractivity contribution in [2.75, 3.05) is 20.2 Å². The van der Waals surface area contributed by atoms with Gasteiger partial charge in [-0.3, -0.25) is 4.90 Å². The molecule has 1 saturated heterocycles. The smallest absolute Gasteiger partial charge is 0.0472 e. The average molecular weight is 226 g/mol. The number of aliphatic hydroxyl groups is 1. The molecule has 0 aliphatic carbocycles. The number of hydrogen-bond acceptors (Lipinski definition) is 2. The lowest BCUT2D eigenvalue weighted by Crippen LogP contribution is -2.18. The van der Waals surface area contributed by atoms with Gasteiger partial charge in [0.05, 0.1) is 0 Å². The van der Waals surface area contributed by atoms with Crippen LogP contribution in [0.25, 0.3) is 0 Å². The van der Waals surface area contributed by atoms with Gasteiger partial charge >= 0.3 is 0 Å². The second kappa shape index (κ2) is 4.52. The zero-order valence-electron chi connectivity index (χ0n) is 8.86. The third kappa shape index (κ3) is 2.33. The van der Waals surface area contributed by atoms with Crippen molar-refractivity contribution in [2.24, 2.45) is 5.92 Å². The maximum Gasteiger partial charge on any atom is 0.0472 e. The fraction of sp³-hybridized carbons (Fsp3) is 0.500. The molecule has 1 aliphatic heterocycles. The first-order valence-electron chi connectivity index (χ1n) is 5.27. The van der Waals surface area contributed by atoms with Gasteiger partial charge in [0, 0.05) is 24.2 Å². The molecule has 0 saturated carbocycles. The van der Waals surface area contributed by atoms with E-state index >= 15 is 0 Å². The van der Waals surface area contributed by atoms with Crippen LogP contribution in [0.3, 0.4) is 0 Å². The predicted molar refractivity (Wildman–Crippen MR) is 62.0 cm³/mol. The highest BCUT2D eigenvalue weighted by atomic mass is 35.5. The summed E-state index contributed by atoms with van der Waals surface area (Å²) in [7, 11) is 2.11. The van der Waals surface area contributed by atoms with E-state index in [1.54, 1.807) is 0 Å². The van der Waals surface area contributed by atoms with E-state index in [-0.39, 0.29) is 6.61 Å². The van der Waals surface area contributed by atoms with Crippen LogP contribution >= 0.6 is 11.6 Å². The minimum absolute atomic E-state index is 0.286. The molecule has 1 aromatic rings. The van der Waals surface area contributed by atoms with Crippen LogP contribution in [0.5, 0.6) is 0 Å². The van der Waals surface area contributed by atoms with Crippen molar-refractivity contribution >= 4 is 11.6 Å². The van der Waals surface area contributed by atoms with Crippen LogP contribution < -0.4 is 0 Å². The van der Waals surface area contributed by atoms with Gasteiger partial charge in [0.1, 0.15) is 0 Å². The number of hydrogen-bond donors (Lipinski definition) is 1. The highest BCUT2D eigenvalue weighted by Crippen LogP contribution is 2.34. The summed E-state index contributed by atoms with van der Waals surface area (Å²) in [5.74, 6) is 0.413. The first-order chi connectivity index (χ1) is 7.20. The molecule has 0 amide bonds. The first-order valence-corrected chi connectivity index (χ1v) is 5.65. The molecule has 2 rings (SSSR count). The third-order valence-corrected chi connectivity index (χ3v) is 3.40. The van der Waals surface area contributed by atoms with E-state index in [1.165, 1.54) is 5.56 Å². The summed E-state index contributed by atoms with van der Waals surface area (Å²) in [6.45, 7) is 1.26. The van der Waals surface area contributed by atoms with Crippen LogP contribution in [0.4, 0.5) is 0 Å². The summed E-state index contributed by atoms with van der Waals surface area (Å²) in [6.07, 6.45) is 1.04. The van der Waals surface area contributed by atoms with Crippen molar-refractivity contribution in [3.8, 4) is 0 Å². The van der Waals surface area contributed by atoms with E-state index in [0.29, 0.717) is 12.0 Å². The molecular formula is C12H16ClNO. The standard InChI is InChI=1S/C12H16ClNO/c1-14-7-9(8-15)6-12(14)10-2-4-11(13)5-3-10/h2-5,9,12,15H,6-8H2,1H3/t9-,12+/m1/s1. The molecule has 0 spiro atoms. The molecule has 0 radical (unpaired) electrons. The van der Waals surface area contributed by atoms with Crippen molar-refractivity contribution in [1.82, 2.24) is 4.90 Å². The Balaban J connectivity index is 2.14. The Kier molecular flexibility index (Phi) is 3.29. The highest BCUT2D eigenvalue weighted by Gasteiger charge is 2.29. The van der Waals surface area contributed by atoms with Gasteiger partial charge in [-0.1, -0.05) is 23.7 Å². The quantitative estimate of drug-likeness (QED) is 0.835. The van der Waals surface area contributed by atoms with Crippen LogP contribution in [0.2, 0.25) is 5.02 Å². The lowest BCUT2D eigenvalue weighted by molar-refractivity contribution is 0.227. The Morgan fingerprint density at radius 1 is 1.40 bits per heavy atom. The fourth-order valence-electron chi connectivity index (χ4n) is 2.31. The third-order valence-electron chi connectivity index (χ3n) is 3.15. The molecule has 1 aliphatic rings. The average Bonchev–Trinajstić information content (AvgIpc) is 2.61. The number of rotatable bonds is 2. The molecule has 0 unspecified atom stereocenters. The summed E-state index contributed by atoms with van der Waals surface area (Å²) in [5.41, 5.74) is 1.29. The van der Waals surface area contributed by atoms with Gasteiger partial charge in [0.25, 0.3) is 0 Å². The number of benzene rings is 1. The normalized spacial score (nSPS) is 27.1. The summed E-state index contributed by atoms with van der Waals surface area (Å²) in [6, 6.07) is 8.43. The zero-order chi connectivity index (χ0) is 10.8. The largest absolute Gasteiger partial charge is 0.396 e. The van der Waals surface area contributed by atoms with Gasteiger partial charge in [0.2, 0.25) is 0 Å². The Morgan fingerprint density at radius 2 is 2.07 bits per heavy atom. The maximum absolute atomic E-state index is 9.14. The van der Waals surface area contributed by atoms with E-state index in [9.17, 15) is 0 Å². The molecule has 1 aromatic carbocycles. The number of halogens is 1. The van der Waals surface area contributed by atoms with Crippen molar-refractivity contribution in [3.05, 3.63) is 34.9 Å². The predicted octanol–water partition coefficient (Wildman–Crippen LogP) is 2.33. The monoisotopic (exact) mass is 225 g/mol. The topological polar surface area (TPSA) is 23.5 Å². The Labute approximate surface area is 95.5 Å². The van der Waals surface area contributed by atoms with Crippen molar-refractivity contribution < 1.29 is 5.11 Å². The second-order valence-corrected chi connectivity index (χ2v) is 4.73. The number of nitrogens with zero attached hydrogens (tertiary/aromatic N) is 1. The minimum Gasteiger partial charge on any atom is -0.396 e. The molecule has 1 N–H and O–H groups in total. The molecule has 2 atom stereocenters. The van der Waals surface area contributed by atoms with Crippen LogP contribution in [-0.4, -0.2) is 30.2 Å². The van der Waals surface area contributed by atoms with Gasteiger partial charge in [-0.2, -0.15) is 0 Å². The van der Waals surface area contributed by atoms with Gasteiger partial charge in [-0.25, -0.2) is 0 Å². The van der Waals surface area contributed by atoms with Crippen molar-refractivity contribution in [1.29, 1.82) is 0 Å². The molecule has 82 valence electrons. The second-order valence-electron chi connectivity index (χ2n) is 4.29. The van der Waals surface area contributed by atoms with E-state index in [2.05, 4.69) is 24.1 Å². The summed E-state index contributed by atoms with van der Waals surface area (Å²) in [4.78, 5) is 2.30. The molecule has 3 heteroatoms. The van der Waals surface area contributed by atoms with Gasteiger partial charge < -0.3 is 5.11 Å². The fourth-order valence-corrected chi connectivity index (χ4v) is 2.44. The molecule has 15 heavy (non-hydrogen) atoms. The Morgan fingerprint density at radius 3 is 2.60 bits per heavy atom. The van der Waals surface area contributed by atoms with E-state index in [4.69, 9.17) is 16.7 Å². The van der Waals surface area contributed by atoms with Crippen molar-refractivity contribution in [3.63, 3.8) is 0 Å². The molecular weight excluding hydrogens is 210 g/mol. The summed E-state index contributed by atoms with van der Waals surface area (Å²) >= 11 is 5.86. The molecule has 1 heterocycles. The van der Waals surface area contributed by atoms with Crippen LogP contribution in [0, 0.1) is 5.92 Å². The molecule has 0 aromatic heterocycles. The maximum atomic E-state index is 9.14.